The van der Waals surface area contributed by atoms with Crippen molar-refractivity contribution in [2.24, 2.45) is 0 Å². The van der Waals surface area contributed by atoms with E-state index in [1.165, 1.54) is 27.8 Å². The van der Waals surface area contributed by atoms with Crippen LogP contribution in [0.2, 0.25) is 0 Å². The first-order valence-electron chi connectivity index (χ1n) is 8.99. The minimum absolute atomic E-state index is 0.0458. The SMILES string of the molecule is CC.CC(=O)N[C@@H]1CCC(c2ccc(C)c(C)c2)c2ccccc21. The van der Waals surface area contributed by atoms with E-state index < -0.39 is 0 Å². The molecule has 1 aliphatic rings. The van der Waals surface area contributed by atoms with E-state index in [4.69, 9.17) is 0 Å². The molecule has 0 saturated heterocycles. The number of carbonyl (C=O) groups is 1. The molecule has 0 aromatic heterocycles. The van der Waals surface area contributed by atoms with Crippen LogP contribution in [0.3, 0.4) is 0 Å². The summed E-state index contributed by atoms with van der Waals surface area (Å²) in [5.41, 5.74) is 6.70. The molecule has 1 amide bonds. The van der Waals surface area contributed by atoms with Gasteiger partial charge in [0.2, 0.25) is 5.91 Å². The van der Waals surface area contributed by atoms with E-state index in [1.807, 2.05) is 13.8 Å². The maximum Gasteiger partial charge on any atom is 0.217 e. The van der Waals surface area contributed by atoms with Crippen LogP contribution in [0.4, 0.5) is 0 Å². The van der Waals surface area contributed by atoms with Crippen LogP contribution in [0.15, 0.2) is 42.5 Å². The number of rotatable bonds is 2. The first-order chi connectivity index (χ1) is 11.6. The molecule has 24 heavy (non-hydrogen) atoms. The maximum absolute atomic E-state index is 11.4. The zero-order chi connectivity index (χ0) is 17.7. The van der Waals surface area contributed by atoms with Crippen molar-refractivity contribution in [1.82, 2.24) is 5.32 Å². The molecular weight excluding hydrogens is 294 g/mol. The Bertz CT molecular complexity index is 705. The first kappa shape index (κ1) is 18.3. The van der Waals surface area contributed by atoms with Crippen LogP contribution in [0, 0.1) is 13.8 Å². The Hall–Kier alpha value is -2.09. The zero-order valence-corrected chi connectivity index (χ0v) is 15.5. The molecule has 1 unspecified atom stereocenters. The van der Waals surface area contributed by atoms with Crippen LogP contribution in [0.25, 0.3) is 0 Å². The monoisotopic (exact) mass is 323 g/mol. The van der Waals surface area contributed by atoms with Gasteiger partial charge < -0.3 is 5.32 Å². The van der Waals surface area contributed by atoms with Gasteiger partial charge in [-0.2, -0.15) is 0 Å². The summed E-state index contributed by atoms with van der Waals surface area (Å²) in [6, 6.07) is 15.5. The Labute approximate surface area is 146 Å². The van der Waals surface area contributed by atoms with Gasteiger partial charge in [-0.1, -0.05) is 56.3 Å². The van der Waals surface area contributed by atoms with Gasteiger partial charge in [0.1, 0.15) is 0 Å². The fourth-order valence-electron chi connectivity index (χ4n) is 3.51. The Morgan fingerprint density at radius 1 is 0.958 bits per heavy atom. The van der Waals surface area contributed by atoms with Crippen molar-refractivity contribution in [2.45, 2.75) is 59.4 Å². The highest BCUT2D eigenvalue weighted by Crippen LogP contribution is 2.41. The second kappa shape index (κ2) is 8.14. The van der Waals surface area contributed by atoms with Gasteiger partial charge in [0.25, 0.3) is 0 Å². The normalized spacial score (nSPS) is 18.9. The third-order valence-electron chi connectivity index (χ3n) is 4.80. The molecule has 0 heterocycles. The number of benzene rings is 2. The lowest BCUT2D eigenvalue weighted by molar-refractivity contribution is -0.119. The molecule has 1 aliphatic carbocycles. The summed E-state index contributed by atoms with van der Waals surface area (Å²) in [6.45, 7) is 9.92. The molecule has 2 aromatic rings. The van der Waals surface area contributed by atoms with Gasteiger partial charge in [0, 0.05) is 12.8 Å². The van der Waals surface area contributed by atoms with Crippen molar-refractivity contribution in [3.05, 3.63) is 70.3 Å². The van der Waals surface area contributed by atoms with Crippen LogP contribution < -0.4 is 5.32 Å². The van der Waals surface area contributed by atoms with E-state index in [0.29, 0.717) is 5.92 Å². The van der Waals surface area contributed by atoms with Crippen molar-refractivity contribution in [1.29, 1.82) is 0 Å². The van der Waals surface area contributed by atoms with E-state index in [1.54, 1.807) is 6.92 Å². The summed E-state index contributed by atoms with van der Waals surface area (Å²) in [7, 11) is 0. The topological polar surface area (TPSA) is 29.1 Å². The largest absolute Gasteiger partial charge is 0.350 e. The number of nitrogens with one attached hydrogen (secondary N) is 1. The molecule has 0 bridgehead atoms. The van der Waals surface area contributed by atoms with Crippen LogP contribution >= 0.6 is 0 Å². The summed E-state index contributed by atoms with van der Waals surface area (Å²) in [6.07, 6.45) is 2.07. The van der Waals surface area contributed by atoms with Gasteiger partial charge in [-0.25, -0.2) is 0 Å². The first-order valence-corrected chi connectivity index (χ1v) is 8.99. The quantitative estimate of drug-likeness (QED) is 0.784. The molecule has 2 aromatic carbocycles. The molecule has 0 aliphatic heterocycles. The van der Waals surface area contributed by atoms with Crippen LogP contribution in [-0.4, -0.2) is 5.91 Å². The number of hydrogen-bond acceptors (Lipinski definition) is 1. The third-order valence-corrected chi connectivity index (χ3v) is 4.80. The van der Waals surface area contributed by atoms with Crippen LogP contribution in [-0.2, 0) is 4.79 Å². The summed E-state index contributed by atoms with van der Waals surface area (Å²) in [4.78, 5) is 11.4. The molecule has 2 heteroatoms. The van der Waals surface area contributed by atoms with Crippen molar-refractivity contribution in [3.63, 3.8) is 0 Å². The molecule has 0 fully saturated rings. The predicted octanol–water partition coefficient (Wildman–Crippen LogP) is 5.43. The van der Waals surface area contributed by atoms with Gasteiger partial charge >= 0.3 is 0 Å². The van der Waals surface area contributed by atoms with Crippen molar-refractivity contribution in [2.75, 3.05) is 0 Å². The van der Waals surface area contributed by atoms with E-state index in [-0.39, 0.29) is 11.9 Å². The molecule has 2 nitrogen and oxygen atoms in total. The fourth-order valence-corrected chi connectivity index (χ4v) is 3.51. The fraction of sp³-hybridized carbons (Fsp3) is 0.409. The number of amides is 1. The molecule has 0 saturated carbocycles. The zero-order valence-electron chi connectivity index (χ0n) is 15.5. The Morgan fingerprint density at radius 3 is 2.25 bits per heavy atom. The highest BCUT2D eigenvalue weighted by atomic mass is 16.1. The van der Waals surface area contributed by atoms with Crippen LogP contribution in [0.1, 0.15) is 73.4 Å². The highest BCUT2D eigenvalue weighted by molar-refractivity contribution is 5.73. The van der Waals surface area contributed by atoms with E-state index >= 15 is 0 Å². The number of fused-ring (bicyclic) bond motifs is 1. The molecule has 3 rings (SSSR count). The third kappa shape index (κ3) is 3.87. The average Bonchev–Trinajstić information content (AvgIpc) is 2.59. The Morgan fingerprint density at radius 2 is 1.62 bits per heavy atom. The van der Waals surface area contributed by atoms with Gasteiger partial charge in [-0.15, -0.1) is 0 Å². The summed E-state index contributed by atoms with van der Waals surface area (Å²) < 4.78 is 0. The molecular formula is C22H29NO. The number of hydrogen-bond donors (Lipinski definition) is 1. The Balaban J connectivity index is 0.00000100. The number of carbonyl (C=O) groups excluding carboxylic acids is 1. The molecule has 128 valence electrons. The predicted molar refractivity (Wildman–Crippen MR) is 101 cm³/mol. The summed E-state index contributed by atoms with van der Waals surface area (Å²) >= 11 is 0. The lowest BCUT2D eigenvalue weighted by Gasteiger charge is -2.32. The van der Waals surface area contributed by atoms with E-state index in [0.717, 1.165) is 12.8 Å². The van der Waals surface area contributed by atoms with E-state index in [9.17, 15) is 4.79 Å². The minimum Gasteiger partial charge on any atom is -0.350 e. The van der Waals surface area contributed by atoms with Gasteiger partial charge in [0.05, 0.1) is 6.04 Å². The van der Waals surface area contributed by atoms with Crippen LogP contribution in [0.5, 0.6) is 0 Å². The average molecular weight is 323 g/mol. The molecule has 2 atom stereocenters. The maximum atomic E-state index is 11.4. The van der Waals surface area contributed by atoms with Gasteiger partial charge in [-0.3, -0.25) is 4.79 Å². The summed E-state index contributed by atoms with van der Waals surface area (Å²) in [5.74, 6) is 0.477. The molecule has 1 N–H and O–H groups in total. The minimum atomic E-state index is 0.0458. The second-order valence-corrected chi connectivity index (χ2v) is 6.36. The van der Waals surface area contributed by atoms with Crippen molar-refractivity contribution in [3.8, 4) is 0 Å². The van der Waals surface area contributed by atoms with Gasteiger partial charge in [-0.05, 0) is 54.5 Å². The highest BCUT2D eigenvalue weighted by Gasteiger charge is 2.28. The van der Waals surface area contributed by atoms with Crippen molar-refractivity contribution < 1.29 is 4.79 Å². The molecule has 0 radical (unpaired) electrons. The van der Waals surface area contributed by atoms with Crippen molar-refractivity contribution >= 4 is 5.91 Å². The number of aryl methyl sites for hydroxylation is 2. The standard InChI is InChI=1S/C20H23NO.C2H6/c1-13-8-9-16(12-14(13)2)17-10-11-20(21-15(3)22)19-7-5-4-6-18(17)19;1-2/h4-9,12,17,20H,10-11H2,1-3H3,(H,21,22);1-2H3/t17?,20-;/m1./s1. The lowest BCUT2D eigenvalue weighted by atomic mass is 9.76. The van der Waals surface area contributed by atoms with Gasteiger partial charge in [0.15, 0.2) is 0 Å². The second-order valence-electron chi connectivity index (χ2n) is 6.36. The van der Waals surface area contributed by atoms with E-state index in [2.05, 4.69) is 61.6 Å². The summed E-state index contributed by atoms with van der Waals surface area (Å²) in [5, 5.41) is 3.09. The lowest BCUT2D eigenvalue weighted by Crippen LogP contribution is -2.30. The smallest absolute Gasteiger partial charge is 0.217 e. The Kier molecular flexibility index (Phi) is 6.19. The molecule has 0 spiro atoms.